The van der Waals surface area contributed by atoms with Crippen LogP contribution in [0.1, 0.15) is 5.69 Å². The summed E-state index contributed by atoms with van der Waals surface area (Å²) >= 11 is 3.27. The first-order valence-corrected chi connectivity index (χ1v) is 4.72. The Bertz CT molecular complexity index is 468. The van der Waals surface area contributed by atoms with Crippen molar-refractivity contribution in [2.24, 2.45) is 0 Å². The monoisotopic (exact) mass is 237 g/mol. The Labute approximate surface area is 84.4 Å². The number of aromatic nitrogens is 1. The predicted molar refractivity (Wildman–Crippen MR) is 55.8 cm³/mol. The van der Waals surface area contributed by atoms with E-state index in [1.165, 1.54) is 0 Å². The highest BCUT2D eigenvalue weighted by atomic mass is 79.9. The van der Waals surface area contributed by atoms with Gasteiger partial charge in [-0.25, -0.2) is 0 Å². The first-order valence-electron chi connectivity index (χ1n) is 3.93. The molecule has 0 aliphatic rings. The van der Waals surface area contributed by atoms with Crippen molar-refractivity contribution in [3.8, 4) is 5.75 Å². The minimum atomic E-state index is 0.281. The minimum Gasteiger partial charge on any atom is -0.506 e. The van der Waals surface area contributed by atoms with E-state index in [2.05, 4.69) is 20.9 Å². The van der Waals surface area contributed by atoms with Crippen LogP contribution >= 0.6 is 15.9 Å². The molecule has 1 N–H and O–H groups in total. The molecule has 0 saturated heterocycles. The number of hydrogen-bond donors (Lipinski definition) is 1. The molecule has 0 unspecified atom stereocenters. The molecule has 0 spiro atoms. The Morgan fingerprint density at radius 1 is 1.23 bits per heavy atom. The zero-order valence-electron chi connectivity index (χ0n) is 7.08. The van der Waals surface area contributed by atoms with Crippen LogP contribution in [0, 0.1) is 6.92 Å². The molecule has 3 heteroatoms. The number of aromatic hydroxyl groups is 1. The van der Waals surface area contributed by atoms with E-state index in [1.807, 2.05) is 25.1 Å². The van der Waals surface area contributed by atoms with Gasteiger partial charge in [0.25, 0.3) is 0 Å². The van der Waals surface area contributed by atoms with E-state index in [9.17, 15) is 5.11 Å². The van der Waals surface area contributed by atoms with Crippen molar-refractivity contribution in [1.82, 2.24) is 4.98 Å². The molecule has 2 aromatic rings. The van der Waals surface area contributed by atoms with E-state index >= 15 is 0 Å². The molecule has 0 bridgehead atoms. The number of benzene rings is 1. The lowest BCUT2D eigenvalue weighted by Crippen LogP contribution is -1.83. The van der Waals surface area contributed by atoms with Crippen molar-refractivity contribution >= 4 is 26.7 Å². The van der Waals surface area contributed by atoms with Crippen LogP contribution in [-0.4, -0.2) is 10.1 Å². The van der Waals surface area contributed by atoms with Gasteiger partial charge in [0.15, 0.2) is 0 Å². The zero-order chi connectivity index (χ0) is 9.42. The molecule has 0 atom stereocenters. The quantitative estimate of drug-likeness (QED) is 0.765. The summed E-state index contributed by atoms with van der Waals surface area (Å²) in [6.07, 6.45) is 1.70. The number of pyridine rings is 1. The van der Waals surface area contributed by atoms with E-state index in [1.54, 1.807) is 6.20 Å². The second-order valence-electron chi connectivity index (χ2n) is 2.89. The van der Waals surface area contributed by atoms with Crippen LogP contribution in [-0.2, 0) is 0 Å². The summed E-state index contributed by atoms with van der Waals surface area (Å²) in [6, 6.07) is 5.58. The van der Waals surface area contributed by atoms with E-state index in [0.29, 0.717) is 4.47 Å². The summed E-state index contributed by atoms with van der Waals surface area (Å²) in [5.74, 6) is 0.281. The van der Waals surface area contributed by atoms with Gasteiger partial charge in [-0.1, -0.05) is 6.07 Å². The normalized spacial score (nSPS) is 10.6. The third-order valence-electron chi connectivity index (χ3n) is 2.07. The molecule has 1 heterocycles. The average Bonchev–Trinajstić information content (AvgIpc) is 2.12. The summed E-state index contributed by atoms with van der Waals surface area (Å²) in [5, 5.41) is 11.5. The molecule has 0 fully saturated rings. The van der Waals surface area contributed by atoms with Gasteiger partial charge in [0, 0.05) is 22.7 Å². The Morgan fingerprint density at radius 2 is 2.00 bits per heavy atom. The van der Waals surface area contributed by atoms with Crippen LogP contribution in [0.3, 0.4) is 0 Å². The van der Waals surface area contributed by atoms with Crippen LogP contribution in [0.25, 0.3) is 10.8 Å². The lowest BCUT2D eigenvalue weighted by Gasteiger charge is -2.04. The van der Waals surface area contributed by atoms with Gasteiger partial charge in [-0.2, -0.15) is 0 Å². The maximum Gasteiger partial charge on any atom is 0.137 e. The van der Waals surface area contributed by atoms with Crippen molar-refractivity contribution in [1.29, 1.82) is 0 Å². The molecule has 13 heavy (non-hydrogen) atoms. The molecule has 0 amide bonds. The van der Waals surface area contributed by atoms with Gasteiger partial charge in [-0.05, 0) is 35.0 Å². The van der Waals surface area contributed by atoms with Gasteiger partial charge in [0.1, 0.15) is 5.75 Å². The summed E-state index contributed by atoms with van der Waals surface area (Å²) < 4.78 is 0.714. The number of aryl methyl sites for hydroxylation is 1. The molecule has 1 aromatic heterocycles. The summed E-state index contributed by atoms with van der Waals surface area (Å²) in [7, 11) is 0. The third kappa shape index (κ3) is 1.29. The van der Waals surface area contributed by atoms with Crippen LogP contribution in [0.4, 0.5) is 0 Å². The largest absolute Gasteiger partial charge is 0.506 e. The van der Waals surface area contributed by atoms with Gasteiger partial charge in [-0.15, -0.1) is 0 Å². The fraction of sp³-hybridized carbons (Fsp3) is 0.100. The lowest BCUT2D eigenvalue weighted by molar-refractivity contribution is 0.478. The van der Waals surface area contributed by atoms with Crippen LogP contribution in [0.15, 0.2) is 28.9 Å². The number of phenols is 1. The molecule has 1 aromatic carbocycles. The number of hydrogen-bond acceptors (Lipinski definition) is 2. The second-order valence-corrected chi connectivity index (χ2v) is 3.74. The van der Waals surface area contributed by atoms with E-state index in [0.717, 1.165) is 16.5 Å². The summed E-state index contributed by atoms with van der Waals surface area (Å²) in [6.45, 7) is 1.93. The molecular weight excluding hydrogens is 230 g/mol. The Hall–Kier alpha value is -1.09. The van der Waals surface area contributed by atoms with E-state index < -0.39 is 0 Å². The van der Waals surface area contributed by atoms with Gasteiger partial charge in [0.2, 0.25) is 0 Å². The first-order chi connectivity index (χ1) is 6.20. The molecule has 2 rings (SSSR count). The molecule has 0 aliphatic carbocycles. The number of rotatable bonds is 0. The number of phenolic OH excluding ortho intramolecular Hbond substituents is 1. The van der Waals surface area contributed by atoms with E-state index in [-0.39, 0.29) is 5.75 Å². The van der Waals surface area contributed by atoms with Crippen LogP contribution in [0.5, 0.6) is 5.75 Å². The maximum absolute atomic E-state index is 9.71. The third-order valence-corrected chi connectivity index (χ3v) is 2.71. The minimum absolute atomic E-state index is 0.281. The number of fused-ring (bicyclic) bond motifs is 1. The number of halogens is 1. The van der Waals surface area contributed by atoms with Crippen molar-refractivity contribution in [3.63, 3.8) is 0 Å². The highest BCUT2D eigenvalue weighted by molar-refractivity contribution is 9.10. The average molecular weight is 238 g/mol. The van der Waals surface area contributed by atoms with Crippen molar-refractivity contribution in [2.75, 3.05) is 0 Å². The van der Waals surface area contributed by atoms with E-state index in [4.69, 9.17) is 0 Å². The Balaban J connectivity index is 2.94. The van der Waals surface area contributed by atoms with Crippen LogP contribution < -0.4 is 0 Å². The lowest BCUT2D eigenvalue weighted by atomic mass is 10.1. The fourth-order valence-corrected chi connectivity index (χ4v) is 1.70. The van der Waals surface area contributed by atoms with Gasteiger partial charge in [-0.3, -0.25) is 4.98 Å². The fourth-order valence-electron chi connectivity index (χ4n) is 1.36. The maximum atomic E-state index is 9.71. The predicted octanol–water partition coefficient (Wildman–Crippen LogP) is 3.01. The molecule has 66 valence electrons. The SMILES string of the molecule is Cc1nccc2c(O)c(Br)ccc12. The zero-order valence-corrected chi connectivity index (χ0v) is 8.67. The smallest absolute Gasteiger partial charge is 0.137 e. The molecule has 0 radical (unpaired) electrons. The highest BCUT2D eigenvalue weighted by Gasteiger charge is 2.05. The standard InChI is InChI=1S/C10H8BrNO/c1-6-7-2-3-9(11)10(13)8(7)4-5-12-6/h2-5,13H,1H3. The Morgan fingerprint density at radius 3 is 2.77 bits per heavy atom. The Kier molecular flexibility index (Phi) is 1.96. The van der Waals surface area contributed by atoms with Crippen LogP contribution in [0.2, 0.25) is 0 Å². The van der Waals surface area contributed by atoms with Gasteiger partial charge >= 0.3 is 0 Å². The van der Waals surface area contributed by atoms with Crippen molar-refractivity contribution in [3.05, 3.63) is 34.6 Å². The molecular formula is C10H8BrNO. The summed E-state index contributed by atoms with van der Waals surface area (Å²) in [4.78, 5) is 4.15. The van der Waals surface area contributed by atoms with Gasteiger partial charge < -0.3 is 5.11 Å². The topological polar surface area (TPSA) is 33.1 Å². The number of nitrogens with zero attached hydrogens (tertiary/aromatic N) is 1. The first kappa shape index (κ1) is 8.51. The van der Waals surface area contributed by atoms with Crippen molar-refractivity contribution < 1.29 is 5.11 Å². The summed E-state index contributed by atoms with van der Waals surface area (Å²) in [5.41, 5.74) is 0.931. The molecule has 2 nitrogen and oxygen atoms in total. The van der Waals surface area contributed by atoms with Gasteiger partial charge in [0.05, 0.1) is 4.47 Å². The molecule has 0 aliphatic heterocycles. The van der Waals surface area contributed by atoms with Crippen molar-refractivity contribution in [2.45, 2.75) is 6.92 Å². The second kappa shape index (κ2) is 3.00. The highest BCUT2D eigenvalue weighted by Crippen LogP contribution is 2.32. The molecule has 0 saturated carbocycles.